The molecular formula is C33H37ClFN7O4. The van der Waals surface area contributed by atoms with E-state index < -0.39 is 22.8 Å². The van der Waals surface area contributed by atoms with Crippen molar-refractivity contribution in [2.75, 3.05) is 62.6 Å². The van der Waals surface area contributed by atoms with E-state index in [4.69, 9.17) is 16.3 Å². The fourth-order valence-corrected chi connectivity index (χ4v) is 6.34. The van der Waals surface area contributed by atoms with Gasteiger partial charge in [-0.05, 0) is 70.3 Å². The summed E-state index contributed by atoms with van der Waals surface area (Å²) in [5.41, 5.74) is 0.0164. The summed E-state index contributed by atoms with van der Waals surface area (Å²) in [4.78, 5) is 42.6. The number of aromatic carboxylic acids is 1. The number of anilines is 3. The molecule has 0 amide bonds. The van der Waals surface area contributed by atoms with E-state index in [-0.39, 0.29) is 24.1 Å². The molecule has 2 atom stereocenters. The Bertz CT molecular complexity index is 1840. The maximum Gasteiger partial charge on any atom is 0.341 e. The Hall–Kier alpha value is -4.42. The number of ether oxygens (including phenoxy) is 1. The summed E-state index contributed by atoms with van der Waals surface area (Å²) < 4.78 is 23.7. The monoisotopic (exact) mass is 649 g/mol. The number of carboxylic acid groups (broad SMARTS) is 1. The number of nitrogens with zero attached hydrogens (tertiary/aromatic N) is 7. The van der Waals surface area contributed by atoms with Crippen molar-refractivity contribution in [3.8, 4) is 11.6 Å². The number of hydrogen-bond donors (Lipinski definition) is 1. The Morgan fingerprint density at radius 3 is 2.54 bits per heavy atom. The van der Waals surface area contributed by atoms with Crippen LogP contribution < -0.4 is 24.9 Å². The maximum absolute atomic E-state index is 16.0. The summed E-state index contributed by atoms with van der Waals surface area (Å²) >= 11 is 6.38. The molecular weight excluding hydrogens is 613 g/mol. The highest BCUT2D eigenvalue weighted by atomic mass is 35.5. The minimum atomic E-state index is -1.39. The van der Waals surface area contributed by atoms with Gasteiger partial charge in [-0.15, -0.1) is 0 Å². The van der Waals surface area contributed by atoms with E-state index in [1.54, 1.807) is 29.0 Å². The normalized spacial score (nSPS) is 18.3. The number of likely N-dealkylation sites (N-methyl/N-ethyl adjacent to an activating group) is 1. The molecule has 0 aliphatic carbocycles. The van der Waals surface area contributed by atoms with Gasteiger partial charge in [0.15, 0.2) is 0 Å². The van der Waals surface area contributed by atoms with Crippen molar-refractivity contribution >= 4 is 45.8 Å². The molecule has 242 valence electrons. The summed E-state index contributed by atoms with van der Waals surface area (Å²) in [5.74, 6) is -0.212. The largest absolute Gasteiger partial charge is 0.477 e. The van der Waals surface area contributed by atoms with Crippen LogP contribution in [0.15, 0.2) is 53.6 Å². The molecule has 2 aliphatic rings. The zero-order valence-corrected chi connectivity index (χ0v) is 27.2. The lowest BCUT2D eigenvalue weighted by molar-refractivity contribution is 0.0695. The van der Waals surface area contributed by atoms with Gasteiger partial charge in [0.25, 0.3) is 0 Å². The van der Waals surface area contributed by atoms with E-state index >= 15 is 4.39 Å². The van der Waals surface area contributed by atoms with Crippen LogP contribution in [-0.2, 0) is 0 Å². The minimum Gasteiger partial charge on any atom is -0.477 e. The number of carbonyl (C=O) groups is 1. The highest BCUT2D eigenvalue weighted by Crippen LogP contribution is 2.36. The highest BCUT2D eigenvalue weighted by molar-refractivity contribution is 6.31. The third-order valence-corrected chi connectivity index (χ3v) is 9.25. The van der Waals surface area contributed by atoms with E-state index in [2.05, 4.69) is 19.8 Å². The third-order valence-electron chi connectivity index (χ3n) is 8.96. The van der Waals surface area contributed by atoms with Crippen LogP contribution in [-0.4, -0.2) is 96.5 Å². The van der Waals surface area contributed by atoms with Crippen molar-refractivity contribution in [2.45, 2.75) is 37.9 Å². The Morgan fingerprint density at radius 2 is 1.89 bits per heavy atom. The van der Waals surface area contributed by atoms with Crippen molar-refractivity contribution in [3.63, 3.8) is 0 Å². The van der Waals surface area contributed by atoms with Crippen LogP contribution in [0.2, 0.25) is 5.02 Å². The molecule has 11 nitrogen and oxygen atoms in total. The van der Waals surface area contributed by atoms with Gasteiger partial charge in [-0.2, -0.15) is 4.98 Å². The number of aromatic nitrogens is 3. The molecule has 0 spiro atoms. The Labute approximate surface area is 271 Å². The van der Waals surface area contributed by atoms with Crippen LogP contribution in [0, 0.1) is 5.82 Å². The van der Waals surface area contributed by atoms with Gasteiger partial charge in [-0.25, -0.2) is 14.2 Å². The quantitative estimate of drug-likeness (QED) is 0.278. The number of rotatable bonds is 9. The maximum atomic E-state index is 16.0. The molecule has 13 heteroatoms. The van der Waals surface area contributed by atoms with Crippen molar-refractivity contribution in [3.05, 3.63) is 75.4 Å². The summed E-state index contributed by atoms with van der Waals surface area (Å²) in [6.45, 7) is 3.94. The summed E-state index contributed by atoms with van der Waals surface area (Å²) in [6, 6.07) is 10.2. The van der Waals surface area contributed by atoms with Gasteiger partial charge in [0, 0.05) is 50.9 Å². The van der Waals surface area contributed by atoms with Crippen molar-refractivity contribution in [2.24, 2.45) is 0 Å². The third kappa shape index (κ3) is 5.82. The van der Waals surface area contributed by atoms with Crippen molar-refractivity contribution in [1.82, 2.24) is 19.4 Å². The fraction of sp³-hybridized carbons (Fsp3) is 0.394. The Morgan fingerprint density at radius 1 is 1.13 bits per heavy atom. The standard InChI is InChI=1S/C33H37ClFN7O4/c1-19-6-7-21(18-46-32-25(34)9-11-30(37-32)39(4)5)42(19)28-13-27-23(12-26(28)35)31(43)24(33(44)45)17-41(27)20-8-10-29(36-14-20)40-15-22(16-40)38(2)3/h8-14,17,19,21-22H,6-7,15-16,18H2,1-5H3,(H,44,45)/t19-,21-/m1/s1. The van der Waals surface area contributed by atoms with Gasteiger partial charge in [-0.3, -0.25) is 4.79 Å². The second-order valence-electron chi connectivity index (χ2n) is 12.4. The van der Waals surface area contributed by atoms with E-state index in [1.165, 1.54) is 6.20 Å². The number of fused-ring (bicyclic) bond motifs is 1. The van der Waals surface area contributed by atoms with Crippen LogP contribution >= 0.6 is 11.6 Å². The summed E-state index contributed by atoms with van der Waals surface area (Å²) in [7, 11) is 7.84. The number of carboxylic acids is 1. The number of pyridine rings is 3. The molecule has 2 aliphatic heterocycles. The predicted molar refractivity (Wildman–Crippen MR) is 178 cm³/mol. The molecule has 2 fully saturated rings. The Balaban J connectivity index is 1.36. The van der Waals surface area contributed by atoms with Gasteiger partial charge in [0.2, 0.25) is 11.3 Å². The van der Waals surface area contributed by atoms with Crippen LogP contribution in [0.1, 0.15) is 30.1 Å². The average Bonchev–Trinajstić information content (AvgIpc) is 3.35. The first-order valence-electron chi connectivity index (χ1n) is 15.2. The summed E-state index contributed by atoms with van der Waals surface area (Å²) in [5, 5.41) is 10.2. The van der Waals surface area contributed by atoms with Crippen molar-refractivity contribution in [1.29, 1.82) is 0 Å². The molecule has 4 aromatic rings. The first kappa shape index (κ1) is 31.6. The second kappa shape index (κ2) is 12.4. The number of benzene rings is 1. The van der Waals surface area contributed by atoms with E-state index in [0.29, 0.717) is 39.7 Å². The predicted octanol–water partition coefficient (Wildman–Crippen LogP) is 4.52. The highest BCUT2D eigenvalue weighted by Gasteiger charge is 2.34. The fourth-order valence-electron chi connectivity index (χ4n) is 6.18. The van der Waals surface area contributed by atoms with Crippen LogP contribution in [0.25, 0.3) is 16.6 Å². The molecule has 2 saturated heterocycles. The lowest BCUT2D eigenvalue weighted by Gasteiger charge is -2.43. The lowest BCUT2D eigenvalue weighted by Crippen LogP contribution is -2.57. The first-order chi connectivity index (χ1) is 21.9. The molecule has 1 aromatic carbocycles. The molecule has 0 bridgehead atoms. The smallest absolute Gasteiger partial charge is 0.341 e. The van der Waals surface area contributed by atoms with Crippen LogP contribution in [0.3, 0.4) is 0 Å². The van der Waals surface area contributed by atoms with Gasteiger partial charge < -0.3 is 34.0 Å². The van der Waals surface area contributed by atoms with E-state index in [9.17, 15) is 14.7 Å². The first-order valence-corrected chi connectivity index (χ1v) is 15.6. The number of hydrogen-bond acceptors (Lipinski definition) is 9. The topological polar surface area (TPSA) is 107 Å². The van der Waals surface area contributed by atoms with Gasteiger partial charge >= 0.3 is 5.97 Å². The SMILES string of the molecule is C[C@@H]1CC[C@H](COc2nc(N(C)C)ccc2Cl)N1c1cc2c(cc1F)c(=O)c(C(=O)O)cn2-c1ccc(N2CC(N(C)C)C2)nc1. The molecule has 0 saturated carbocycles. The van der Waals surface area contributed by atoms with Crippen molar-refractivity contribution < 1.29 is 19.0 Å². The molecule has 5 heterocycles. The number of halogens is 2. The average molecular weight is 650 g/mol. The lowest BCUT2D eigenvalue weighted by atomic mass is 10.1. The Kier molecular flexibility index (Phi) is 8.51. The molecule has 6 rings (SSSR count). The molecule has 1 N–H and O–H groups in total. The van der Waals surface area contributed by atoms with Gasteiger partial charge in [0.05, 0.1) is 29.1 Å². The van der Waals surface area contributed by atoms with E-state index in [1.807, 2.05) is 57.0 Å². The zero-order valence-electron chi connectivity index (χ0n) is 26.4. The van der Waals surface area contributed by atoms with Crippen LogP contribution in [0.5, 0.6) is 5.88 Å². The van der Waals surface area contributed by atoms with Crippen LogP contribution in [0.4, 0.5) is 21.7 Å². The second-order valence-corrected chi connectivity index (χ2v) is 12.8. The molecule has 46 heavy (non-hydrogen) atoms. The van der Waals surface area contributed by atoms with Gasteiger partial charge in [0.1, 0.15) is 34.6 Å². The van der Waals surface area contributed by atoms with Gasteiger partial charge in [-0.1, -0.05) is 11.6 Å². The molecule has 3 aromatic heterocycles. The molecule has 0 unspecified atom stereocenters. The summed E-state index contributed by atoms with van der Waals surface area (Å²) in [6.07, 6.45) is 4.47. The zero-order chi connectivity index (χ0) is 32.9. The molecule has 0 radical (unpaired) electrons. The minimum absolute atomic E-state index is 0.0287. The van der Waals surface area contributed by atoms with E-state index in [0.717, 1.165) is 37.8 Å².